The van der Waals surface area contributed by atoms with Crippen LogP contribution in [0.25, 0.3) is 0 Å². The fraction of sp³-hybridized carbons (Fsp3) is 1.00. The van der Waals surface area contributed by atoms with Crippen LogP contribution in [0.5, 0.6) is 0 Å². The summed E-state index contributed by atoms with van der Waals surface area (Å²) in [5, 5.41) is 0. The van der Waals surface area contributed by atoms with Gasteiger partial charge in [-0.2, -0.15) is 0 Å². The molecular weight excluding hydrogens is 148 g/mol. The first kappa shape index (κ1) is 9.35. The van der Waals surface area contributed by atoms with E-state index in [1.54, 1.807) is 0 Å². The van der Waals surface area contributed by atoms with Crippen molar-refractivity contribution in [3.8, 4) is 0 Å². The molecule has 0 amide bonds. The van der Waals surface area contributed by atoms with Crippen LogP contribution in [-0.2, 0) is 8.85 Å². The predicted octanol–water partition coefficient (Wildman–Crippen LogP) is -0.788. The highest BCUT2D eigenvalue weighted by Gasteiger charge is 1.85. The highest BCUT2D eigenvalue weighted by atomic mass is 28.2. The third kappa shape index (κ3) is 8.35. The predicted molar refractivity (Wildman–Crippen MR) is 45.5 cm³/mol. The molecule has 0 spiro atoms. The molecule has 0 rings (SSSR count). The minimum atomic E-state index is -0.174. The lowest BCUT2D eigenvalue weighted by Gasteiger charge is -2.00. The van der Waals surface area contributed by atoms with E-state index in [2.05, 4.69) is 6.92 Å². The molecule has 0 bridgehead atoms. The first-order chi connectivity index (χ1) is 4.41. The molecule has 0 heterocycles. The van der Waals surface area contributed by atoms with E-state index in [-0.39, 0.29) is 9.76 Å². The summed E-state index contributed by atoms with van der Waals surface area (Å²) in [5.74, 6) is 0. The smallest absolute Gasteiger partial charge is 0.161 e. The average molecular weight is 164 g/mol. The Morgan fingerprint density at radius 1 is 1.44 bits per heavy atom. The molecule has 0 saturated heterocycles. The van der Waals surface area contributed by atoms with Crippen LogP contribution in [0.1, 0.15) is 13.3 Å². The highest BCUT2D eigenvalue weighted by Crippen LogP contribution is 1.85. The molecule has 0 aliphatic heterocycles. The molecule has 0 saturated carbocycles. The molecule has 0 aromatic heterocycles. The van der Waals surface area contributed by atoms with Gasteiger partial charge in [-0.3, -0.25) is 0 Å². The number of hydrogen-bond acceptors (Lipinski definition) is 2. The zero-order valence-corrected chi connectivity index (χ0v) is 9.77. The van der Waals surface area contributed by atoms with Crippen molar-refractivity contribution < 1.29 is 8.85 Å². The van der Waals surface area contributed by atoms with Crippen LogP contribution in [0.4, 0.5) is 0 Å². The van der Waals surface area contributed by atoms with Crippen LogP contribution in [0.2, 0.25) is 6.04 Å². The molecule has 56 valence electrons. The molecule has 0 aromatic rings. The van der Waals surface area contributed by atoms with Crippen LogP contribution in [-0.4, -0.2) is 33.5 Å². The average Bonchev–Trinajstić information content (AvgIpc) is 1.89. The summed E-state index contributed by atoms with van der Waals surface area (Å²) in [4.78, 5) is 0. The molecule has 0 N–H and O–H groups in total. The summed E-state index contributed by atoms with van der Waals surface area (Å²) in [7, 11) is 0.670. The second kappa shape index (κ2) is 8.35. The van der Waals surface area contributed by atoms with Crippen molar-refractivity contribution in [1.29, 1.82) is 0 Å². The largest absolute Gasteiger partial charge is 0.426 e. The minimum absolute atomic E-state index is 0.174. The standard InChI is InChI=1S/C5H16O2Si2/c1-2-5-9-7-4-3-6-8/h2-5,9H2,1,8H3. The van der Waals surface area contributed by atoms with E-state index in [1.165, 1.54) is 12.5 Å². The molecule has 0 fully saturated rings. The topological polar surface area (TPSA) is 18.5 Å². The van der Waals surface area contributed by atoms with Crippen molar-refractivity contribution in [2.45, 2.75) is 19.4 Å². The van der Waals surface area contributed by atoms with E-state index in [9.17, 15) is 0 Å². The molecule has 0 radical (unpaired) electrons. The van der Waals surface area contributed by atoms with Crippen molar-refractivity contribution in [1.82, 2.24) is 0 Å². The van der Waals surface area contributed by atoms with Gasteiger partial charge < -0.3 is 8.85 Å². The molecule has 0 aliphatic rings. The van der Waals surface area contributed by atoms with Gasteiger partial charge in [-0.25, -0.2) is 0 Å². The van der Waals surface area contributed by atoms with E-state index >= 15 is 0 Å². The summed E-state index contributed by atoms with van der Waals surface area (Å²) < 4.78 is 10.3. The van der Waals surface area contributed by atoms with Gasteiger partial charge in [-0.1, -0.05) is 13.3 Å². The third-order valence-corrected chi connectivity index (χ3v) is 3.06. The SMILES string of the molecule is CCC[SiH2]OCCO[SiH3]. The summed E-state index contributed by atoms with van der Waals surface area (Å²) in [6, 6.07) is 1.31. The Morgan fingerprint density at radius 3 is 2.78 bits per heavy atom. The van der Waals surface area contributed by atoms with Crippen molar-refractivity contribution in [2.75, 3.05) is 13.2 Å². The first-order valence-electron chi connectivity index (χ1n) is 3.48. The highest BCUT2D eigenvalue weighted by molar-refractivity contribution is 6.26. The number of rotatable bonds is 6. The monoisotopic (exact) mass is 164 g/mol. The van der Waals surface area contributed by atoms with Crippen LogP contribution in [0.3, 0.4) is 0 Å². The summed E-state index contributed by atoms with van der Waals surface area (Å²) >= 11 is 0. The van der Waals surface area contributed by atoms with E-state index in [1.807, 2.05) is 0 Å². The minimum Gasteiger partial charge on any atom is -0.426 e. The summed E-state index contributed by atoms with van der Waals surface area (Å²) in [5.41, 5.74) is 0. The fourth-order valence-electron chi connectivity index (χ4n) is 0.491. The Hall–Kier alpha value is 0.354. The van der Waals surface area contributed by atoms with Gasteiger partial charge >= 0.3 is 0 Å². The Morgan fingerprint density at radius 2 is 2.22 bits per heavy atom. The van der Waals surface area contributed by atoms with Crippen molar-refractivity contribution in [3.05, 3.63) is 0 Å². The van der Waals surface area contributed by atoms with Gasteiger partial charge in [0.2, 0.25) is 0 Å². The zero-order valence-electron chi connectivity index (χ0n) is 6.35. The Bertz CT molecular complexity index is 46.2. The lowest BCUT2D eigenvalue weighted by Crippen LogP contribution is -2.05. The van der Waals surface area contributed by atoms with Crippen LogP contribution >= 0.6 is 0 Å². The molecule has 2 nitrogen and oxygen atoms in total. The van der Waals surface area contributed by atoms with Gasteiger partial charge in [0, 0.05) is 0 Å². The lowest BCUT2D eigenvalue weighted by atomic mass is 10.6. The second-order valence-corrected chi connectivity index (χ2v) is 4.06. The van der Waals surface area contributed by atoms with Crippen LogP contribution in [0.15, 0.2) is 0 Å². The normalized spacial score (nSPS) is 11.7. The lowest BCUT2D eigenvalue weighted by molar-refractivity contribution is 0.236. The van der Waals surface area contributed by atoms with E-state index < -0.39 is 0 Å². The van der Waals surface area contributed by atoms with Gasteiger partial charge in [-0.15, -0.1) is 0 Å². The van der Waals surface area contributed by atoms with Crippen molar-refractivity contribution in [2.24, 2.45) is 0 Å². The van der Waals surface area contributed by atoms with Crippen LogP contribution < -0.4 is 0 Å². The van der Waals surface area contributed by atoms with E-state index in [0.717, 1.165) is 23.7 Å². The molecule has 0 aromatic carbocycles. The zero-order chi connectivity index (χ0) is 6.95. The first-order valence-corrected chi connectivity index (χ1v) is 5.88. The van der Waals surface area contributed by atoms with Gasteiger partial charge in [-0.05, 0) is 6.04 Å². The van der Waals surface area contributed by atoms with Crippen LogP contribution in [0, 0.1) is 0 Å². The Kier molecular flexibility index (Phi) is 8.68. The maximum Gasteiger partial charge on any atom is 0.161 e. The molecule has 0 unspecified atom stereocenters. The molecule has 0 atom stereocenters. The van der Waals surface area contributed by atoms with Crippen molar-refractivity contribution in [3.63, 3.8) is 0 Å². The van der Waals surface area contributed by atoms with Gasteiger partial charge in [0.1, 0.15) is 10.5 Å². The van der Waals surface area contributed by atoms with Gasteiger partial charge in [0.15, 0.2) is 9.76 Å². The van der Waals surface area contributed by atoms with Gasteiger partial charge in [0.05, 0.1) is 13.2 Å². The molecule has 4 heteroatoms. The van der Waals surface area contributed by atoms with Gasteiger partial charge in [0.25, 0.3) is 0 Å². The third-order valence-electron chi connectivity index (χ3n) is 1.07. The van der Waals surface area contributed by atoms with E-state index in [0.29, 0.717) is 0 Å². The fourth-order valence-corrected chi connectivity index (χ4v) is 1.47. The second-order valence-electron chi connectivity index (χ2n) is 1.96. The Balaban J connectivity index is 2.60. The quantitative estimate of drug-likeness (QED) is 0.378. The van der Waals surface area contributed by atoms with Crippen molar-refractivity contribution >= 4 is 20.2 Å². The van der Waals surface area contributed by atoms with E-state index in [4.69, 9.17) is 8.85 Å². The number of hydrogen-bond donors (Lipinski definition) is 0. The summed E-state index contributed by atoms with van der Waals surface area (Å²) in [6.07, 6.45) is 1.27. The summed E-state index contributed by atoms with van der Waals surface area (Å²) in [6.45, 7) is 3.83. The molecule has 0 aliphatic carbocycles. The maximum absolute atomic E-state index is 5.35. The molecule has 9 heavy (non-hydrogen) atoms. The maximum atomic E-state index is 5.35. The molecular formula is C5H16O2Si2. The Labute approximate surface area is 62.4 Å².